The van der Waals surface area contributed by atoms with Gasteiger partial charge in [-0.2, -0.15) is 0 Å². The second kappa shape index (κ2) is 8.57. The van der Waals surface area contributed by atoms with E-state index in [1.165, 1.54) is 11.3 Å². The predicted octanol–water partition coefficient (Wildman–Crippen LogP) is 4.50. The van der Waals surface area contributed by atoms with Crippen LogP contribution in [0.1, 0.15) is 24.0 Å². The molecule has 5 nitrogen and oxygen atoms in total. The number of thiazole rings is 1. The van der Waals surface area contributed by atoms with Gasteiger partial charge < -0.3 is 10.2 Å². The molecule has 0 unspecified atom stereocenters. The molecule has 1 aliphatic heterocycles. The third-order valence-electron chi connectivity index (χ3n) is 5.25. The molecule has 148 valence electrons. The number of hydrogen-bond donors (Lipinski definition) is 1. The number of benzene rings is 2. The summed E-state index contributed by atoms with van der Waals surface area (Å²) in [6.45, 7) is 3.20. The van der Waals surface area contributed by atoms with Gasteiger partial charge >= 0.3 is 0 Å². The molecule has 4 rings (SSSR count). The van der Waals surface area contributed by atoms with Crippen molar-refractivity contribution in [1.29, 1.82) is 0 Å². The Morgan fingerprint density at radius 1 is 1.10 bits per heavy atom. The molecule has 1 aliphatic rings. The van der Waals surface area contributed by atoms with Gasteiger partial charge in [-0.25, -0.2) is 4.98 Å². The first-order chi connectivity index (χ1) is 14.1. The number of nitrogens with one attached hydrogen (secondary N) is 1. The molecule has 2 heterocycles. The number of amides is 2. The van der Waals surface area contributed by atoms with Gasteiger partial charge in [0, 0.05) is 25.1 Å². The Bertz CT molecular complexity index is 1050. The van der Waals surface area contributed by atoms with Gasteiger partial charge in [0.25, 0.3) is 0 Å². The molecule has 1 N–H and O–H groups in total. The number of anilines is 1. The van der Waals surface area contributed by atoms with Crippen LogP contribution in [0.25, 0.3) is 16.3 Å². The van der Waals surface area contributed by atoms with Crippen molar-refractivity contribution < 1.29 is 9.59 Å². The molecule has 6 heteroatoms. The average Bonchev–Trinajstić information content (AvgIpc) is 3.17. The maximum absolute atomic E-state index is 12.7. The largest absolute Gasteiger partial charge is 0.339 e. The number of piperidine rings is 1. The summed E-state index contributed by atoms with van der Waals surface area (Å²) in [6, 6.07) is 15.8. The second-order valence-electron chi connectivity index (χ2n) is 7.27. The fourth-order valence-electron chi connectivity index (χ4n) is 3.55. The van der Waals surface area contributed by atoms with E-state index in [2.05, 4.69) is 10.3 Å². The number of rotatable bonds is 4. The quantitative estimate of drug-likeness (QED) is 0.650. The zero-order chi connectivity index (χ0) is 20.2. The topological polar surface area (TPSA) is 62.3 Å². The Balaban J connectivity index is 1.31. The van der Waals surface area contributed by atoms with Crippen LogP contribution in [0.4, 0.5) is 5.13 Å². The maximum atomic E-state index is 12.7. The van der Waals surface area contributed by atoms with Crippen molar-refractivity contribution in [2.45, 2.75) is 19.8 Å². The molecule has 0 saturated carbocycles. The first-order valence-electron chi connectivity index (χ1n) is 9.79. The Morgan fingerprint density at radius 2 is 1.86 bits per heavy atom. The number of carbonyl (C=O) groups excluding carboxylic acids is 2. The summed E-state index contributed by atoms with van der Waals surface area (Å²) in [4.78, 5) is 31.4. The Hall–Kier alpha value is -2.99. The zero-order valence-electron chi connectivity index (χ0n) is 16.3. The van der Waals surface area contributed by atoms with E-state index in [0.717, 1.165) is 21.3 Å². The van der Waals surface area contributed by atoms with E-state index in [0.29, 0.717) is 31.1 Å². The third kappa shape index (κ3) is 4.54. The van der Waals surface area contributed by atoms with Gasteiger partial charge in [-0.1, -0.05) is 53.8 Å². The molecule has 2 amide bonds. The molecule has 3 aromatic rings. The van der Waals surface area contributed by atoms with Gasteiger partial charge in [-0.3, -0.25) is 9.59 Å². The molecular weight excluding hydrogens is 382 g/mol. The van der Waals surface area contributed by atoms with Crippen LogP contribution in [0.15, 0.2) is 54.6 Å². The minimum atomic E-state index is -0.0923. The summed E-state index contributed by atoms with van der Waals surface area (Å²) < 4.78 is 1.07. The highest BCUT2D eigenvalue weighted by atomic mass is 32.1. The number of nitrogens with zero attached hydrogens (tertiary/aromatic N) is 2. The summed E-state index contributed by atoms with van der Waals surface area (Å²) >= 11 is 1.50. The van der Waals surface area contributed by atoms with Crippen molar-refractivity contribution in [3.8, 4) is 0 Å². The van der Waals surface area contributed by atoms with Gasteiger partial charge in [-0.05, 0) is 43.0 Å². The molecule has 2 aromatic carbocycles. The lowest BCUT2D eigenvalue weighted by Gasteiger charge is -2.30. The van der Waals surface area contributed by atoms with E-state index in [1.54, 1.807) is 6.08 Å². The Kier molecular flexibility index (Phi) is 5.71. The van der Waals surface area contributed by atoms with E-state index >= 15 is 0 Å². The van der Waals surface area contributed by atoms with Crippen LogP contribution in [0.3, 0.4) is 0 Å². The van der Waals surface area contributed by atoms with Crippen molar-refractivity contribution in [2.24, 2.45) is 5.92 Å². The molecular formula is C23H23N3O2S. The maximum Gasteiger partial charge on any atom is 0.246 e. The van der Waals surface area contributed by atoms with E-state index in [1.807, 2.05) is 66.4 Å². The number of fused-ring (bicyclic) bond motifs is 1. The van der Waals surface area contributed by atoms with Crippen LogP contribution >= 0.6 is 11.3 Å². The van der Waals surface area contributed by atoms with Crippen LogP contribution in [0.2, 0.25) is 0 Å². The van der Waals surface area contributed by atoms with E-state index in [9.17, 15) is 9.59 Å². The average molecular weight is 406 g/mol. The highest BCUT2D eigenvalue weighted by Gasteiger charge is 2.27. The minimum Gasteiger partial charge on any atom is -0.339 e. The standard InChI is InChI=1S/C23H23N3O2S/c1-16-6-5-9-19-21(16)24-23(29-19)25-22(28)18-12-14-26(15-13-18)20(27)11-10-17-7-3-2-4-8-17/h2-11,18H,12-15H2,1H3,(H,24,25,28)/b11-10+. The lowest BCUT2D eigenvalue weighted by molar-refractivity contribution is -0.130. The summed E-state index contributed by atoms with van der Waals surface area (Å²) in [5.74, 6) is -0.103. The van der Waals surface area contributed by atoms with Crippen molar-refractivity contribution >= 4 is 44.6 Å². The molecule has 1 aromatic heterocycles. The van der Waals surface area contributed by atoms with Crippen molar-refractivity contribution in [1.82, 2.24) is 9.88 Å². The molecule has 0 bridgehead atoms. The first kappa shape index (κ1) is 19.3. The van der Waals surface area contributed by atoms with E-state index < -0.39 is 0 Å². The van der Waals surface area contributed by atoms with Crippen molar-refractivity contribution in [3.63, 3.8) is 0 Å². The lowest BCUT2D eigenvalue weighted by atomic mass is 9.96. The van der Waals surface area contributed by atoms with Crippen LogP contribution in [-0.4, -0.2) is 34.8 Å². The first-order valence-corrected chi connectivity index (χ1v) is 10.6. The number of hydrogen-bond acceptors (Lipinski definition) is 4. The van der Waals surface area contributed by atoms with Crippen LogP contribution in [0.5, 0.6) is 0 Å². The normalized spacial score (nSPS) is 15.1. The van der Waals surface area contributed by atoms with Gasteiger partial charge in [0.15, 0.2) is 5.13 Å². The van der Waals surface area contributed by atoms with Crippen LogP contribution in [-0.2, 0) is 9.59 Å². The third-order valence-corrected chi connectivity index (χ3v) is 6.18. The summed E-state index contributed by atoms with van der Waals surface area (Å²) in [5, 5.41) is 3.61. The molecule has 1 saturated heterocycles. The molecule has 0 spiro atoms. The second-order valence-corrected chi connectivity index (χ2v) is 8.30. The van der Waals surface area contributed by atoms with Crippen molar-refractivity contribution in [3.05, 3.63) is 65.7 Å². The number of aryl methyl sites for hydroxylation is 1. The minimum absolute atomic E-state index is 0.00522. The number of aromatic nitrogens is 1. The molecule has 1 fully saturated rings. The van der Waals surface area contributed by atoms with Gasteiger partial charge in [-0.15, -0.1) is 0 Å². The summed E-state index contributed by atoms with van der Waals surface area (Å²) in [5.41, 5.74) is 3.05. The smallest absolute Gasteiger partial charge is 0.246 e. The van der Waals surface area contributed by atoms with Crippen LogP contribution < -0.4 is 5.32 Å². The zero-order valence-corrected chi connectivity index (χ0v) is 17.1. The van der Waals surface area contributed by atoms with E-state index in [4.69, 9.17) is 0 Å². The molecule has 0 atom stereocenters. The fraction of sp³-hybridized carbons (Fsp3) is 0.261. The fourth-order valence-corrected chi connectivity index (χ4v) is 4.49. The summed E-state index contributed by atoms with van der Waals surface area (Å²) in [7, 11) is 0. The summed E-state index contributed by atoms with van der Waals surface area (Å²) in [6.07, 6.45) is 4.77. The number of likely N-dealkylation sites (tertiary alicyclic amines) is 1. The molecule has 0 radical (unpaired) electrons. The SMILES string of the molecule is Cc1cccc2sc(NC(=O)C3CCN(C(=O)/C=C/c4ccccc4)CC3)nc12. The number of carbonyl (C=O) groups is 2. The number of para-hydroxylation sites is 1. The van der Waals surface area contributed by atoms with Gasteiger partial charge in [0.1, 0.15) is 0 Å². The highest BCUT2D eigenvalue weighted by molar-refractivity contribution is 7.22. The highest BCUT2D eigenvalue weighted by Crippen LogP contribution is 2.29. The van der Waals surface area contributed by atoms with Crippen LogP contribution in [0, 0.1) is 12.8 Å². The lowest BCUT2D eigenvalue weighted by Crippen LogP contribution is -2.40. The monoisotopic (exact) mass is 405 g/mol. The molecule has 0 aliphatic carbocycles. The Morgan fingerprint density at radius 3 is 2.59 bits per heavy atom. The van der Waals surface area contributed by atoms with E-state index in [-0.39, 0.29) is 17.7 Å². The predicted molar refractivity (Wildman–Crippen MR) is 118 cm³/mol. The van der Waals surface area contributed by atoms with Crippen molar-refractivity contribution in [2.75, 3.05) is 18.4 Å². The Labute approximate surface area is 174 Å². The molecule has 29 heavy (non-hydrogen) atoms. The van der Waals surface area contributed by atoms with Gasteiger partial charge in [0.05, 0.1) is 10.2 Å². The van der Waals surface area contributed by atoms with Gasteiger partial charge in [0.2, 0.25) is 11.8 Å².